The quantitative estimate of drug-likeness (QED) is 0.242. The minimum atomic E-state index is -1.02. The molecule has 0 fully saturated rings. The summed E-state index contributed by atoms with van der Waals surface area (Å²) < 4.78 is 1.59. The summed E-state index contributed by atoms with van der Waals surface area (Å²) in [6, 6.07) is 13.2. The van der Waals surface area contributed by atoms with E-state index in [0.29, 0.717) is 27.5 Å². The van der Waals surface area contributed by atoms with Crippen LogP contribution in [0.15, 0.2) is 70.2 Å². The van der Waals surface area contributed by atoms with E-state index in [1.54, 1.807) is 4.57 Å². The van der Waals surface area contributed by atoms with Gasteiger partial charge in [0, 0.05) is 11.1 Å². The number of nitrogens with one attached hydrogen (secondary N) is 1. The maximum atomic E-state index is 11.0. The Bertz CT molecular complexity index is 1220. The fraction of sp³-hybridized carbons (Fsp3) is 0.150. The normalized spacial score (nSPS) is 12.5. The Kier molecular flexibility index (Phi) is 5.96. The van der Waals surface area contributed by atoms with E-state index in [1.165, 1.54) is 42.4 Å². The molecule has 0 saturated carbocycles. The standard InChI is InChI=1S/C20H18N6O4S/c27-14(10-31-20-21-11-22-25-20)9-26-16-4-2-1-3-15(16)17(18(26)28)24-23-13-7-5-12(6-8-13)19(29)30/h1-8,11,14,27-28H,9-10H2,(H,29,30)(H,21,22,25). The minimum absolute atomic E-state index is 0.115. The number of nitrogens with zero attached hydrogens (tertiary/aromatic N) is 5. The maximum absolute atomic E-state index is 11.0. The summed E-state index contributed by atoms with van der Waals surface area (Å²) in [5, 5.41) is 46.3. The molecule has 0 amide bonds. The predicted octanol–water partition coefficient (Wildman–Crippen LogP) is 3.73. The van der Waals surface area contributed by atoms with Gasteiger partial charge in [0.25, 0.3) is 0 Å². The number of aliphatic hydroxyl groups excluding tert-OH is 1. The Labute approximate surface area is 180 Å². The molecule has 11 heteroatoms. The topological polar surface area (TPSA) is 149 Å². The Morgan fingerprint density at radius 3 is 2.65 bits per heavy atom. The van der Waals surface area contributed by atoms with Gasteiger partial charge in [-0.05, 0) is 30.3 Å². The number of hydrogen-bond acceptors (Lipinski definition) is 8. The van der Waals surface area contributed by atoms with E-state index < -0.39 is 12.1 Å². The first-order chi connectivity index (χ1) is 15.0. The number of para-hydroxylation sites is 1. The van der Waals surface area contributed by atoms with E-state index in [0.717, 1.165) is 0 Å². The van der Waals surface area contributed by atoms with Gasteiger partial charge in [0.15, 0.2) is 10.8 Å². The van der Waals surface area contributed by atoms with Crippen molar-refractivity contribution in [2.75, 3.05) is 5.75 Å². The number of rotatable bonds is 8. The summed E-state index contributed by atoms with van der Waals surface area (Å²) in [5.41, 5.74) is 1.58. The molecule has 4 aromatic rings. The van der Waals surface area contributed by atoms with Crippen LogP contribution in [-0.2, 0) is 6.54 Å². The molecule has 0 aliphatic heterocycles. The number of carbonyl (C=O) groups is 1. The van der Waals surface area contributed by atoms with E-state index in [1.807, 2.05) is 24.3 Å². The first kappa shape index (κ1) is 20.6. The number of aliphatic hydroxyl groups is 1. The second kappa shape index (κ2) is 8.98. The first-order valence-corrected chi connectivity index (χ1v) is 10.2. The predicted molar refractivity (Wildman–Crippen MR) is 114 cm³/mol. The third-order valence-electron chi connectivity index (χ3n) is 4.50. The van der Waals surface area contributed by atoms with Crippen molar-refractivity contribution in [3.8, 4) is 5.88 Å². The Balaban J connectivity index is 1.58. The number of H-pyrrole nitrogens is 1. The van der Waals surface area contributed by atoms with Crippen molar-refractivity contribution in [3.63, 3.8) is 0 Å². The highest BCUT2D eigenvalue weighted by Crippen LogP contribution is 2.39. The number of fused-ring (bicyclic) bond motifs is 1. The van der Waals surface area contributed by atoms with Crippen LogP contribution in [0.5, 0.6) is 5.88 Å². The number of hydrogen-bond donors (Lipinski definition) is 4. The molecule has 10 nitrogen and oxygen atoms in total. The number of aromatic carboxylic acids is 1. The fourth-order valence-corrected chi connectivity index (χ4v) is 3.73. The summed E-state index contributed by atoms with van der Waals surface area (Å²) >= 11 is 1.33. The summed E-state index contributed by atoms with van der Waals surface area (Å²) in [5.74, 6) is -0.784. The van der Waals surface area contributed by atoms with E-state index in [2.05, 4.69) is 25.4 Å². The average molecular weight is 438 g/mol. The molecule has 0 saturated heterocycles. The van der Waals surface area contributed by atoms with Crippen LogP contribution in [0.2, 0.25) is 0 Å². The molecule has 31 heavy (non-hydrogen) atoms. The third kappa shape index (κ3) is 4.57. The van der Waals surface area contributed by atoms with Crippen LogP contribution in [0.1, 0.15) is 10.4 Å². The number of thioether (sulfide) groups is 1. The van der Waals surface area contributed by atoms with Gasteiger partial charge in [-0.2, -0.15) is 10.2 Å². The van der Waals surface area contributed by atoms with E-state index in [4.69, 9.17) is 5.11 Å². The van der Waals surface area contributed by atoms with Crippen LogP contribution in [-0.4, -0.2) is 52.9 Å². The second-order valence-corrected chi connectivity index (χ2v) is 7.62. The minimum Gasteiger partial charge on any atom is -0.493 e. The number of carboxylic acid groups (broad SMARTS) is 1. The van der Waals surface area contributed by atoms with Crippen LogP contribution in [0.25, 0.3) is 10.9 Å². The van der Waals surface area contributed by atoms with E-state index in [9.17, 15) is 15.0 Å². The number of carboxylic acids is 1. The summed E-state index contributed by atoms with van der Waals surface area (Å²) in [6.07, 6.45) is 0.636. The largest absolute Gasteiger partial charge is 0.493 e. The molecule has 2 aromatic heterocycles. The van der Waals surface area contributed by atoms with Gasteiger partial charge in [-0.25, -0.2) is 9.78 Å². The monoisotopic (exact) mass is 438 g/mol. The SMILES string of the molecule is O=C(O)c1ccc(N=Nc2c(O)n(CC(O)CSc3ncn[nH]3)c3ccccc23)cc1. The highest BCUT2D eigenvalue weighted by molar-refractivity contribution is 7.99. The zero-order valence-electron chi connectivity index (χ0n) is 16.1. The summed E-state index contributed by atoms with van der Waals surface area (Å²) in [6.45, 7) is 0.149. The molecular weight excluding hydrogens is 420 g/mol. The van der Waals surface area contributed by atoms with Crippen molar-refractivity contribution < 1.29 is 20.1 Å². The van der Waals surface area contributed by atoms with Crippen LogP contribution < -0.4 is 0 Å². The Morgan fingerprint density at radius 1 is 1.16 bits per heavy atom. The molecule has 1 unspecified atom stereocenters. The molecule has 158 valence electrons. The summed E-state index contributed by atoms with van der Waals surface area (Å²) in [7, 11) is 0. The van der Waals surface area contributed by atoms with Crippen LogP contribution in [0.3, 0.4) is 0 Å². The molecule has 1 atom stereocenters. The lowest BCUT2D eigenvalue weighted by Gasteiger charge is -2.12. The van der Waals surface area contributed by atoms with Gasteiger partial charge in [0.1, 0.15) is 6.33 Å². The number of aromatic hydroxyl groups is 1. The lowest BCUT2D eigenvalue weighted by molar-refractivity contribution is 0.0697. The fourth-order valence-electron chi connectivity index (χ4n) is 3.04. The zero-order valence-corrected chi connectivity index (χ0v) is 16.9. The Morgan fingerprint density at radius 2 is 1.94 bits per heavy atom. The van der Waals surface area contributed by atoms with Gasteiger partial charge in [-0.15, -0.1) is 5.11 Å². The lowest BCUT2D eigenvalue weighted by atomic mass is 10.2. The van der Waals surface area contributed by atoms with Crippen molar-refractivity contribution in [2.45, 2.75) is 17.8 Å². The highest BCUT2D eigenvalue weighted by Gasteiger charge is 2.19. The van der Waals surface area contributed by atoms with Crippen molar-refractivity contribution in [1.82, 2.24) is 19.7 Å². The van der Waals surface area contributed by atoms with Crippen molar-refractivity contribution in [1.29, 1.82) is 0 Å². The van der Waals surface area contributed by atoms with E-state index in [-0.39, 0.29) is 23.7 Å². The van der Waals surface area contributed by atoms with Crippen LogP contribution in [0, 0.1) is 0 Å². The number of aromatic amines is 1. The van der Waals surface area contributed by atoms with Gasteiger partial charge in [-0.1, -0.05) is 30.0 Å². The number of azo groups is 1. The number of benzene rings is 2. The molecule has 0 radical (unpaired) electrons. The van der Waals surface area contributed by atoms with Gasteiger partial charge in [0.05, 0.1) is 29.4 Å². The first-order valence-electron chi connectivity index (χ1n) is 9.24. The molecule has 0 bridgehead atoms. The summed E-state index contributed by atoms with van der Waals surface area (Å²) in [4.78, 5) is 15.0. The molecule has 0 aliphatic carbocycles. The molecule has 2 heterocycles. The molecule has 0 spiro atoms. The highest BCUT2D eigenvalue weighted by atomic mass is 32.2. The zero-order chi connectivity index (χ0) is 21.8. The second-order valence-electron chi connectivity index (χ2n) is 6.61. The smallest absolute Gasteiger partial charge is 0.335 e. The van der Waals surface area contributed by atoms with Gasteiger partial charge in [0.2, 0.25) is 5.88 Å². The van der Waals surface area contributed by atoms with Gasteiger partial charge in [-0.3, -0.25) is 5.10 Å². The number of aromatic nitrogens is 4. The van der Waals surface area contributed by atoms with Crippen LogP contribution >= 0.6 is 11.8 Å². The molecule has 0 aliphatic rings. The average Bonchev–Trinajstić information content (AvgIpc) is 3.38. The van der Waals surface area contributed by atoms with Crippen molar-refractivity contribution in [3.05, 3.63) is 60.4 Å². The van der Waals surface area contributed by atoms with Crippen molar-refractivity contribution in [2.24, 2.45) is 10.2 Å². The Hall–Kier alpha value is -3.70. The van der Waals surface area contributed by atoms with Gasteiger partial charge < -0.3 is 19.9 Å². The maximum Gasteiger partial charge on any atom is 0.335 e. The molecule has 4 rings (SSSR count). The van der Waals surface area contributed by atoms with E-state index >= 15 is 0 Å². The molecule has 2 aromatic carbocycles. The lowest BCUT2D eigenvalue weighted by Crippen LogP contribution is -2.18. The molecular formula is C20H18N6O4S. The third-order valence-corrected chi connectivity index (χ3v) is 5.52. The van der Waals surface area contributed by atoms with Crippen LogP contribution in [0.4, 0.5) is 11.4 Å². The molecule has 4 N–H and O–H groups in total. The van der Waals surface area contributed by atoms with Crippen molar-refractivity contribution >= 4 is 40.0 Å². The van der Waals surface area contributed by atoms with Gasteiger partial charge >= 0.3 is 5.97 Å².